The molecule has 0 aliphatic rings. The molecule has 0 spiro atoms. The van der Waals surface area contributed by atoms with Crippen molar-refractivity contribution in [3.63, 3.8) is 0 Å². The van der Waals surface area contributed by atoms with Crippen LogP contribution < -0.4 is 14.8 Å². The summed E-state index contributed by atoms with van der Waals surface area (Å²) < 4.78 is 12.8. The Morgan fingerprint density at radius 2 is 1.97 bits per heavy atom. The van der Waals surface area contributed by atoms with E-state index in [4.69, 9.17) is 9.47 Å². The third-order valence-electron chi connectivity index (χ3n) is 4.94. The number of hydrogen-bond donors (Lipinski definition) is 1. The lowest BCUT2D eigenvalue weighted by molar-refractivity contribution is -0.116. The first kappa shape index (κ1) is 21.4. The van der Waals surface area contributed by atoms with Crippen molar-refractivity contribution >= 4 is 11.6 Å². The molecule has 158 valence electrons. The van der Waals surface area contributed by atoms with Crippen LogP contribution in [0.2, 0.25) is 0 Å². The molecule has 6 nitrogen and oxygen atoms in total. The van der Waals surface area contributed by atoms with E-state index < -0.39 is 0 Å². The van der Waals surface area contributed by atoms with Gasteiger partial charge in [-0.3, -0.25) is 4.79 Å². The Hall–Kier alpha value is -3.28. The Morgan fingerprint density at radius 3 is 2.70 bits per heavy atom. The molecule has 0 saturated heterocycles. The van der Waals surface area contributed by atoms with E-state index in [1.54, 1.807) is 14.2 Å². The standard InChI is InChI=1S/C24H29N3O3/c1-17(2)24-25-12-13-27(24)16-18-6-5-7-20(14-18)26-23(28)11-8-19-15-21(29-3)9-10-22(19)30-4/h5-7,9-10,12-15,17H,8,11,16H2,1-4H3,(H,26,28). The highest BCUT2D eigenvalue weighted by Gasteiger charge is 2.10. The SMILES string of the molecule is COc1ccc(OC)c(CCC(=O)Nc2cccc(Cn3ccnc3C(C)C)c2)c1. The minimum Gasteiger partial charge on any atom is -0.497 e. The molecule has 6 heteroatoms. The van der Waals surface area contributed by atoms with Gasteiger partial charge in [-0.1, -0.05) is 26.0 Å². The van der Waals surface area contributed by atoms with Crippen LogP contribution in [0.4, 0.5) is 5.69 Å². The van der Waals surface area contributed by atoms with Crippen molar-refractivity contribution in [2.24, 2.45) is 0 Å². The molecule has 0 fully saturated rings. The third kappa shape index (κ3) is 5.41. The Kier molecular flexibility index (Phi) is 7.12. The van der Waals surface area contributed by atoms with E-state index in [9.17, 15) is 4.79 Å². The third-order valence-corrected chi connectivity index (χ3v) is 4.94. The van der Waals surface area contributed by atoms with Gasteiger partial charge in [-0.05, 0) is 47.9 Å². The average Bonchev–Trinajstić information content (AvgIpc) is 3.20. The van der Waals surface area contributed by atoms with E-state index in [-0.39, 0.29) is 5.91 Å². The number of carbonyl (C=O) groups is 1. The highest BCUT2D eigenvalue weighted by Crippen LogP contribution is 2.25. The van der Waals surface area contributed by atoms with Crippen LogP contribution in [0.25, 0.3) is 0 Å². The fourth-order valence-electron chi connectivity index (χ4n) is 3.45. The number of rotatable bonds is 9. The van der Waals surface area contributed by atoms with E-state index >= 15 is 0 Å². The monoisotopic (exact) mass is 407 g/mol. The van der Waals surface area contributed by atoms with Gasteiger partial charge in [-0.15, -0.1) is 0 Å². The van der Waals surface area contributed by atoms with E-state index in [0.29, 0.717) is 18.8 Å². The molecule has 0 aliphatic heterocycles. The second kappa shape index (κ2) is 9.96. The molecule has 1 aromatic heterocycles. The molecule has 0 saturated carbocycles. The molecule has 2 aromatic carbocycles. The number of aryl methyl sites for hydroxylation is 1. The molecule has 1 amide bonds. The van der Waals surface area contributed by atoms with Crippen molar-refractivity contribution in [2.45, 2.75) is 39.2 Å². The Morgan fingerprint density at radius 1 is 1.13 bits per heavy atom. The normalized spacial score (nSPS) is 10.8. The van der Waals surface area contributed by atoms with E-state index in [1.807, 2.05) is 48.8 Å². The van der Waals surface area contributed by atoms with Gasteiger partial charge in [-0.25, -0.2) is 4.98 Å². The van der Waals surface area contributed by atoms with Gasteiger partial charge < -0.3 is 19.4 Å². The second-order valence-corrected chi connectivity index (χ2v) is 7.49. The van der Waals surface area contributed by atoms with Gasteiger partial charge in [0, 0.05) is 37.0 Å². The Bertz CT molecular complexity index is 995. The van der Waals surface area contributed by atoms with Crippen LogP contribution in [-0.2, 0) is 17.8 Å². The molecule has 0 bridgehead atoms. The molecular formula is C24H29N3O3. The second-order valence-electron chi connectivity index (χ2n) is 7.49. The largest absolute Gasteiger partial charge is 0.497 e. The molecule has 3 aromatic rings. The highest BCUT2D eigenvalue weighted by atomic mass is 16.5. The maximum Gasteiger partial charge on any atom is 0.224 e. The van der Waals surface area contributed by atoms with Gasteiger partial charge in [0.15, 0.2) is 0 Å². The number of benzene rings is 2. The van der Waals surface area contributed by atoms with Crippen molar-refractivity contribution in [2.75, 3.05) is 19.5 Å². The van der Waals surface area contributed by atoms with Crippen LogP contribution in [0.1, 0.15) is 43.1 Å². The van der Waals surface area contributed by atoms with E-state index in [2.05, 4.69) is 34.8 Å². The number of amides is 1. The molecule has 0 aliphatic carbocycles. The maximum absolute atomic E-state index is 12.5. The molecule has 0 radical (unpaired) electrons. The number of nitrogens with one attached hydrogen (secondary N) is 1. The zero-order valence-corrected chi connectivity index (χ0v) is 18.0. The molecular weight excluding hydrogens is 378 g/mol. The van der Waals surface area contributed by atoms with Gasteiger partial charge in [0.1, 0.15) is 17.3 Å². The first-order chi connectivity index (χ1) is 14.5. The number of ether oxygens (including phenoxy) is 2. The lowest BCUT2D eigenvalue weighted by Crippen LogP contribution is -2.13. The minimum atomic E-state index is -0.0393. The number of carbonyl (C=O) groups excluding carboxylic acids is 1. The quantitative estimate of drug-likeness (QED) is 0.561. The lowest BCUT2D eigenvalue weighted by atomic mass is 10.1. The smallest absolute Gasteiger partial charge is 0.224 e. The number of anilines is 1. The number of imidazole rings is 1. The van der Waals surface area contributed by atoms with Crippen LogP contribution in [0.3, 0.4) is 0 Å². The molecule has 0 unspecified atom stereocenters. The average molecular weight is 408 g/mol. The van der Waals surface area contributed by atoms with E-state index in [1.165, 1.54) is 0 Å². The van der Waals surface area contributed by atoms with Crippen molar-refractivity contribution in [3.8, 4) is 11.5 Å². The molecule has 30 heavy (non-hydrogen) atoms. The lowest BCUT2D eigenvalue weighted by Gasteiger charge is -2.12. The fourth-order valence-corrected chi connectivity index (χ4v) is 3.45. The van der Waals surface area contributed by atoms with Gasteiger partial charge in [-0.2, -0.15) is 0 Å². The van der Waals surface area contributed by atoms with E-state index in [0.717, 1.165) is 40.7 Å². The van der Waals surface area contributed by atoms with Gasteiger partial charge >= 0.3 is 0 Å². The number of hydrogen-bond acceptors (Lipinski definition) is 4. The summed E-state index contributed by atoms with van der Waals surface area (Å²) in [4.78, 5) is 16.9. The van der Waals surface area contributed by atoms with Gasteiger partial charge in [0.05, 0.1) is 14.2 Å². The van der Waals surface area contributed by atoms with Crippen LogP contribution >= 0.6 is 0 Å². The summed E-state index contributed by atoms with van der Waals surface area (Å²) in [5.41, 5.74) is 2.85. The Labute approximate surface area is 177 Å². The van der Waals surface area contributed by atoms with Crippen molar-refractivity contribution in [3.05, 3.63) is 71.8 Å². The molecule has 3 rings (SSSR count). The first-order valence-corrected chi connectivity index (χ1v) is 10.1. The summed E-state index contributed by atoms with van der Waals surface area (Å²) in [5.74, 6) is 2.88. The maximum atomic E-state index is 12.5. The zero-order chi connectivity index (χ0) is 21.5. The van der Waals surface area contributed by atoms with Crippen LogP contribution in [0.5, 0.6) is 11.5 Å². The molecule has 0 atom stereocenters. The van der Waals surface area contributed by atoms with Crippen molar-refractivity contribution < 1.29 is 14.3 Å². The fraction of sp³-hybridized carbons (Fsp3) is 0.333. The van der Waals surface area contributed by atoms with Crippen LogP contribution in [0.15, 0.2) is 54.9 Å². The summed E-state index contributed by atoms with van der Waals surface area (Å²) in [5, 5.41) is 3.00. The molecule has 1 N–H and O–H groups in total. The summed E-state index contributed by atoms with van der Waals surface area (Å²) in [7, 11) is 3.25. The highest BCUT2D eigenvalue weighted by molar-refractivity contribution is 5.90. The Balaban J connectivity index is 1.62. The minimum absolute atomic E-state index is 0.0393. The zero-order valence-electron chi connectivity index (χ0n) is 18.0. The summed E-state index contributed by atoms with van der Waals surface area (Å²) in [6.07, 6.45) is 4.74. The predicted octanol–water partition coefficient (Wildman–Crippen LogP) is 4.64. The molecule has 1 heterocycles. The van der Waals surface area contributed by atoms with Crippen molar-refractivity contribution in [1.82, 2.24) is 9.55 Å². The number of nitrogens with zero attached hydrogens (tertiary/aromatic N) is 2. The topological polar surface area (TPSA) is 65.4 Å². The number of methoxy groups -OCH3 is 2. The predicted molar refractivity (Wildman–Crippen MR) is 118 cm³/mol. The first-order valence-electron chi connectivity index (χ1n) is 10.1. The summed E-state index contributed by atoms with van der Waals surface area (Å²) >= 11 is 0. The van der Waals surface area contributed by atoms with Gasteiger partial charge in [0.2, 0.25) is 5.91 Å². The number of aromatic nitrogens is 2. The van der Waals surface area contributed by atoms with Gasteiger partial charge in [0.25, 0.3) is 0 Å². The summed E-state index contributed by atoms with van der Waals surface area (Å²) in [6, 6.07) is 13.5. The van der Waals surface area contributed by atoms with Crippen LogP contribution in [-0.4, -0.2) is 29.7 Å². The van der Waals surface area contributed by atoms with Crippen LogP contribution in [0, 0.1) is 0 Å². The summed E-state index contributed by atoms with van der Waals surface area (Å²) in [6.45, 7) is 4.98. The van der Waals surface area contributed by atoms with Crippen molar-refractivity contribution in [1.29, 1.82) is 0 Å².